The van der Waals surface area contributed by atoms with Gasteiger partial charge < -0.3 is 23.7 Å². The Labute approximate surface area is 236 Å². The molecule has 1 heterocycles. The number of esters is 1. The molecular formula is C30H41N3O5S. The second kappa shape index (κ2) is 16.0. The fourth-order valence-corrected chi connectivity index (χ4v) is 4.70. The third kappa shape index (κ3) is 9.20. The van der Waals surface area contributed by atoms with Crippen LogP contribution in [0.2, 0.25) is 0 Å². The first-order valence-electron chi connectivity index (χ1n) is 13.6. The van der Waals surface area contributed by atoms with Gasteiger partial charge in [0.25, 0.3) is 0 Å². The average molecular weight is 556 g/mol. The molecule has 2 aromatic carbocycles. The van der Waals surface area contributed by atoms with Gasteiger partial charge in [-0.25, -0.2) is 4.98 Å². The van der Waals surface area contributed by atoms with Crippen molar-refractivity contribution in [2.75, 3.05) is 45.9 Å². The zero-order valence-electron chi connectivity index (χ0n) is 23.6. The van der Waals surface area contributed by atoms with E-state index >= 15 is 0 Å². The van der Waals surface area contributed by atoms with Gasteiger partial charge in [-0.2, -0.15) is 11.8 Å². The molecule has 0 aliphatic heterocycles. The van der Waals surface area contributed by atoms with Gasteiger partial charge in [0.1, 0.15) is 17.3 Å². The highest BCUT2D eigenvalue weighted by Crippen LogP contribution is 2.29. The van der Waals surface area contributed by atoms with Crippen LogP contribution in [-0.2, 0) is 20.9 Å². The number of methoxy groups -OCH3 is 1. The van der Waals surface area contributed by atoms with Crippen LogP contribution in [0.5, 0.6) is 11.5 Å². The Bertz CT molecular complexity index is 1200. The molecule has 0 fully saturated rings. The fourth-order valence-electron chi connectivity index (χ4n) is 4.32. The Balaban J connectivity index is 1.71. The van der Waals surface area contributed by atoms with Crippen LogP contribution in [0.3, 0.4) is 0 Å². The lowest BCUT2D eigenvalue weighted by atomic mass is 10.2. The van der Waals surface area contributed by atoms with Crippen LogP contribution in [-0.4, -0.2) is 72.3 Å². The minimum atomic E-state index is -0.139. The van der Waals surface area contributed by atoms with Gasteiger partial charge in [0.15, 0.2) is 0 Å². The number of unbranched alkanes of at least 4 members (excludes halogenated alkanes) is 2. The summed E-state index contributed by atoms with van der Waals surface area (Å²) in [5, 5.41) is 0. The van der Waals surface area contributed by atoms with E-state index in [0.717, 1.165) is 71.9 Å². The molecule has 9 heteroatoms. The lowest BCUT2D eigenvalue weighted by Crippen LogP contribution is -2.28. The van der Waals surface area contributed by atoms with Crippen LogP contribution in [0.1, 0.15) is 45.4 Å². The molecule has 0 radical (unpaired) electrons. The minimum Gasteiger partial charge on any atom is -0.497 e. The van der Waals surface area contributed by atoms with E-state index < -0.39 is 0 Å². The SMILES string of the molecule is CCOC(=O)CCCCCOc1ccc2nc(-c3ccc(OC)cc3)n(CCCN(C)C(=O)CCSC)c2c1. The number of rotatable bonds is 17. The van der Waals surface area contributed by atoms with E-state index in [0.29, 0.717) is 32.6 Å². The van der Waals surface area contributed by atoms with Crippen LogP contribution < -0.4 is 9.47 Å². The van der Waals surface area contributed by atoms with Crippen molar-refractivity contribution in [1.82, 2.24) is 14.5 Å². The molecule has 1 amide bonds. The van der Waals surface area contributed by atoms with Crippen LogP contribution >= 0.6 is 11.8 Å². The number of amides is 1. The number of benzene rings is 2. The summed E-state index contributed by atoms with van der Waals surface area (Å²) < 4.78 is 18.6. The van der Waals surface area contributed by atoms with Crippen molar-refractivity contribution >= 4 is 34.7 Å². The quantitative estimate of drug-likeness (QED) is 0.153. The Hall–Kier alpha value is -3.20. The number of nitrogens with zero attached hydrogens (tertiary/aromatic N) is 3. The molecule has 39 heavy (non-hydrogen) atoms. The number of hydrogen-bond donors (Lipinski definition) is 0. The molecule has 8 nitrogen and oxygen atoms in total. The van der Waals surface area contributed by atoms with Crippen molar-refractivity contribution in [3.05, 3.63) is 42.5 Å². The van der Waals surface area contributed by atoms with Gasteiger partial charge in [0.2, 0.25) is 5.91 Å². The fraction of sp³-hybridized carbons (Fsp3) is 0.500. The molecule has 0 saturated carbocycles. The maximum atomic E-state index is 12.4. The van der Waals surface area contributed by atoms with E-state index in [-0.39, 0.29) is 11.9 Å². The number of aromatic nitrogens is 2. The van der Waals surface area contributed by atoms with Crippen molar-refractivity contribution in [3.8, 4) is 22.9 Å². The van der Waals surface area contributed by atoms with Gasteiger partial charge in [-0.05, 0) is 75.3 Å². The molecule has 0 spiro atoms. The minimum absolute atomic E-state index is 0.139. The number of aryl methyl sites for hydroxylation is 1. The average Bonchev–Trinajstić information content (AvgIpc) is 3.31. The summed E-state index contributed by atoms with van der Waals surface area (Å²) in [6, 6.07) is 13.9. The van der Waals surface area contributed by atoms with Gasteiger partial charge in [-0.1, -0.05) is 0 Å². The second-order valence-corrected chi connectivity index (χ2v) is 10.3. The Morgan fingerprint density at radius 2 is 1.77 bits per heavy atom. The summed E-state index contributed by atoms with van der Waals surface area (Å²) in [6.07, 6.45) is 6.41. The molecule has 3 rings (SSSR count). The molecule has 0 aliphatic rings. The predicted molar refractivity (Wildman–Crippen MR) is 158 cm³/mol. The van der Waals surface area contributed by atoms with E-state index in [1.807, 2.05) is 67.6 Å². The zero-order valence-corrected chi connectivity index (χ0v) is 24.4. The van der Waals surface area contributed by atoms with E-state index in [1.54, 1.807) is 18.9 Å². The van der Waals surface area contributed by atoms with E-state index in [2.05, 4.69) is 4.57 Å². The standard InChI is InChI=1S/C30H41N3O5S/c1-5-37-29(35)10-7-6-8-20-38-25-15-16-26-27(22-25)33(19-9-18-32(2)28(34)17-21-39-4)30(31-26)23-11-13-24(36-3)14-12-23/h11-16,22H,5-10,17-21H2,1-4H3. The van der Waals surface area contributed by atoms with Gasteiger partial charge in [0.05, 0.1) is 31.4 Å². The topological polar surface area (TPSA) is 82.9 Å². The molecule has 212 valence electrons. The highest BCUT2D eigenvalue weighted by molar-refractivity contribution is 7.98. The van der Waals surface area contributed by atoms with Crippen LogP contribution in [0.4, 0.5) is 0 Å². The lowest BCUT2D eigenvalue weighted by molar-refractivity contribution is -0.143. The number of fused-ring (bicyclic) bond motifs is 1. The van der Waals surface area contributed by atoms with Gasteiger partial charge in [0, 0.05) is 50.4 Å². The van der Waals surface area contributed by atoms with E-state index in [9.17, 15) is 9.59 Å². The number of carbonyl (C=O) groups is 2. The molecule has 0 saturated heterocycles. The van der Waals surface area contributed by atoms with Crippen molar-refractivity contribution in [2.45, 2.75) is 52.0 Å². The number of ether oxygens (including phenoxy) is 3. The van der Waals surface area contributed by atoms with E-state index in [1.165, 1.54) is 0 Å². The number of imidazole rings is 1. The second-order valence-electron chi connectivity index (χ2n) is 9.34. The Kier molecular flexibility index (Phi) is 12.5. The summed E-state index contributed by atoms with van der Waals surface area (Å²) in [5.41, 5.74) is 2.89. The monoisotopic (exact) mass is 555 g/mol. The maximum Gasteiger partial charge on any atom is 0.305 e. The van der Waals surface area contributed by atoms with E-state index in [4.69, 9.17) is 19.2 Å². The normalized spacial score (nSPS) is 11.0. The van der Waals surface area contributed by atoms with Crippen LogP contribution in [0.15, 0.2) is 42.5 Å². The number of carbonyl (C=O) groups excluding carboxylic acids is 2. The maximum absolute atomic E-state index is 12.4. The van der Waals surface area contributed by atoms with Crippen molar-refractivity contribution in [3.63, 3.8) is 0 Å². The Morgan fingerprint density at radius 3 is 2.49 bits per heavy atom. The van der Waals surface area contributed by atoms with Crippen molar-refractivity contribution in [1.29, 1.82) is 0 Å². The largest absolute Gasteiger partial charge is 0.497 e. The zero-order chi connectivity index (χ0) is 28.0. The lowest BCUT2D eigenvalue weighted by Gasteiger charge is -2.18. The molecule has 0 aliphatic carbocycles. The summed E-state index contributed by atoms with van der Waals surface area (Å²) >= 11 is 1.69. The molecule has 0 bridgehead atoms. The van der Waals surface area contributed by atoms with Crippen molar-refractivity contribution in [2.24, 2.45) is 0 Å². The smallest absolute Gasteiger partial charge is 0.305 e. The van der Waals surface area contributed by atoms with Crippen LogP contribution in [0.25, 0.3) is 22.4 Å². The molecule has 0 N–H and O–H groups in total. The van der Waals surface area contributed by atoms with Crippen LogP contribution in [0, 0.1) is 0 Å². The summed E-state index contributed by atoms with van der Waals surface area (Å²) in [4.78, 5) is 30.6. The van der Waals surface area contributed by atoms with Crippen molar-refractivity contribution < 1.29 is 23.8 Å². The number of thioether (sulfide) groups is 1. The molecule has 0 atom stereocenters. The predicted octanol–water partition coefficient (Wildman–Crippen LogP) is 5.82. The molecular weight excluding hydrogens is 514 g/mol. The third-order valence-corrected chi connectivity index (χ3v) is 7.10. The molecule has 0 unspecified atom stereocenters. The number of hydrogen-bond acceptors (Lipinski definition) is 7. The molecule has 3 aromatic rings. The summed E-state index contributed by atoms with van der Waals surface area (Å²) in [6.45, 7) is 4.22. The van der Waals surface area contributed by atoms with Gasteiger partial charge in [-0.3, -0.25) is 9.59 Å². The summed E-state index contributed by atoms with van der Waals surface area (Å²) in [5.74, 6) is 3.34. The third-order valence-electron chi connectivity index (χ3n) is 6.49. The Morgan fingerprint density at radius 1 is 1.00 bits per heavy atom. The van der Waals surface area contributed by atoms with Gasteiger partial charge in [-0.15, -0.1) is 0 Å². The first-order chi connectivity index (χ1) is 19.0. The molecule has 1 aromatic heterocycles. The summed E-state index contributed by atoms with van der Waals surface area (Å²) in [7, 11) is 3.53. The highest BCUT2D eigenvalue weighted by Gasteiger charge is 2.15. The first kappa shape index (κ1) is 30.3. The highest BCUT2D eigenvalue weighted by atomic mass is 32.2. The first-order valence-corrected chi connectivity index (χ1v) is 15.0. The van der Waals surface area contributed by atoms with Gasteiger partial charge >= 0.3 is 5.97 Å².